The Morgan fingerprint density at radius 1 is 1.56 bits per heavy atom. The van der Waals surface area contributed by atoms with E-state index in [1.54, 1.807) is 18.0 Å². The number of carbonyl (C=O) groups is 1. The summed E-state index contributed by atoms with van der Waals surface area (Å²) < 4.78 is 5.15. The number of anilines is 1. The molecule has 0 saturated heterocycles. The van der Waals surface area contributed by atoms with Crippen LogP contribution in [0.2, 0.25) is 0 Å². The molecule has 0 radical (unpaired) electrons. The van der Waals surface area contributed by atoms with Crippen molar-refractivity contribution in [2.45, 2.75) is 40.0 Å². The van der Waals surface area contributed by atoms with Crippen LogP contribution in [-0.4, -0.2) is 29.7 Å². The minimum absolute atomic E-state index is 0.146. The van der Waals surface area contributed by atoms with E-state index in [0.717, 1.165) is 31.6 Å². The molecule has 18 heavy (non-hydrogen) atoms. The van der Waals surface area contributed by atoms with Crippen LogP contribution in [-0.2, 0) is 6.42 Å². The smallest absolute Gasteiger partial charge is 0.322 e. The van der Waals surface area contributed by atoms with E-state index in [9.17, 15) is 4.79 Å². The summed E-state index contributed by atoms with van der Waals surface area (Å²) in [6.07, 6.45) is 2.90. The zero-order chi connectivity index (χ0) is 13.5. The fourth-order valence-electron chi connectivity index (χ4n) is 1.57. The maximum absolute atomic E-state index is 11.8. The average Bonchev–Trinajstić information content (AvgIpc) is 2.72. The van der Waals surface area contributed by atoms with E-state index >= 15 is 0 Å². The van der Waals surface area contributed by atoms with Crippen molar-refractivity contribution in [3.05, 3.63) is 11.8 Å². The maximum Gasteiger partial charge on any atom is 0.322 e. The molecule has 0 bridgehead atoms. The Morgan fingerprint density at radius 3 is 2.89 bits per heavy atom. The third kappa shape index (κ3) is 4.77. The lowest BCUT2D eigenvalue weighted by molar-refractivity contribution is 0.221. The van der Waals surface area contributed by atoms with E-state index in [0.29, 0.717) is 11.7 Å². The van der Waals surface area contributed by atoms with Crippen LogP contribution in [0.1, 0.15) is 39.4 Å². The Kier molecular flexibility index (Phi) is 5.68. The number of rotatable bonds is 6. The monoisotopic (exact) mass is 253 g/mol. The van der Waals surface area contributed by atoms with Gasteiger partial charge in [-0.1, -0.05) is 32.3 Å². The van der Waals surface area contributed by atoms with Crippen LogP contribution in [0.15, 0.2) is 10.6 Å². The zero-order valence-corrected chi connectivity index (χ0v) is 11.7. The Labute approximate surface area is 109 Å². The normalized spacial score (nSPS) is 10.7. The van der Waals surface area contributed by atoms with Gasteiger partial charge in [-0.05, 0) is 12.3 Å². The van der Waals surface area contributed by atoms with Gasteiger partial charge >= 0.3 is 6.03 Å². The van der Waals surface area contributed by atoms with Gasteiger partial charge in [0, 0.05) is 26.1 Å². The first-order chi connectivity index (χ1) is 8.52. The summed E-state index contributed by atoms with van der Waals surface area (Å²) in [6, 6.07) is 1.64. The van der Waals surface area contributed by atoms with Crippen LogP contribution in [0.25, 0.3) is 0 Å². The minimum atomic E-state index is -0.146. The Hall–Kier alpha value is -1.52. The number of hydrogen-bond acceptors (Lipinski definition) is 3. The molecule has 0 aliphatic carbocycles. The summed E-state index contributed by atoms with van der Waals surface area (Å²) in [4.78, 5) is 13.4. The van der Waals surface area contributed by atoms with Crippen molar-refractivity contribution in [2.24, 2.45) is 5.92 Å². The third-order valence-electron chi connectivity index (χ3n) is 2.60. The molecule has 0 aliphatic heterocycles. The predicted molar refractivity (Wildman–Crippen MR) is 71.6 cm³/mol. The molecule has 0 unspecified atom stereocenters. The lowest BCUT2D eigenvalue weighted by Crippen LogP contribution is -2.32. The van der Waals surface area contributed by atoms with E-state index in [4.69, 9.17) is 4.52 Å². The standard InChI is InChI=1S/C13H23N3O2/c1-5-6-7-16(4)13(17)14-12-9-11(18-15-12)8-10(2)3/h9-10H,5-8H2,1-4H3,(H,14,15,17). The predicted octanol–water partition coefficient (Wildman–Crippen LogP) is 3.14. The van der Waals surface area contributed by atoms with Crippen molar-refractivity contribution < 1.29 is 9.32 Å². The summed E-state index contributed by atoms with van der Waals surface area (Å²) in [6.45, 7) is 7.07. The minimum Gasteiger partial charge on any atom is -0.359 e. The van der Waals surface area contributed by atoms with E-state index in [2.05, 4.69) is 31.2 Å². The Bertz CT molecular complexity index is 374. The van der Waals surface area contributed by atoms with Crippen molar-refractivity contribution in [1.82, 2.24) is 10.1 Å². The molecule has 102 valence electrons. The molecule has 0 aromatic carbocycles. The molecule has 0 atom stereocenters. The first kappa shape index (κ1) is 14.5. The molecule has 1 aromatic rings. The second kappa shape index (κ2) is 7.03. The first-order valence-electron chi connectivity index (χ1n) is 6.50. The van der Waals surface area contributed by atoms with Crippen molar-refractivity contribution >= 4 is 11.8 Å². The second-order valence-corrected chi connectivity index (χ2v) is 4.98. The van der Waals surface area contributed by atoms with Crippen molar-refractivity contribution in [1.29, 1.82) is 0 Å². The van der Waals surface area contributed by atoms with Crippen LogP contribution < -0.4 is 5.32 Å². The number of hydrogen-bond donors (Lipinski definition) is 1. The van der Waals surface area contributed by atoms with Crippen molar-refractivity contribution in [2.75, 3.05) is 18.9 Å². The molecule has 1 N–H and O–H groups in total. The molecular formula is C13H23N3O2. The topological polar surface area (TPSA) is 58.4 Å². The number of aromatic nitrogens is 1. The van der Waals surface area contributed by atoms with Crippen LogP contribution >= 0.6 is 0 Å². The molecular weight excluding hydrogens is 230 g/mol. The van der Waals surface area contributed by atoms with Gasteiger partial charge < -0.3 is 9.42 Å². The number of amides is 2. The van der Waals surface area contributed by atoms with Crippen LogP contribution in [0.4, 0.5) is 10.6 Å². The van der Waals surface area contributed by atoms with Gasteiger partial charge in [0.05, 0.1) is 0 Å². The Morgan fingerprint density at radius 2 is 2.28 bits per heavy atom. The van der Waals surface area contributed by atoms with Crippen LogP contribution in [0.3, 0.4) is 0 Å². The highest BCUT2D eigenvalue weighted by molar-refractivity contribution is 5.87. The summed E-state index contributed by atoms with van der Waals surface area (Å²) in [5.74, 6) is 1.80. The van der Waals surface area contributed by atoms with Gasteiger partial charge in [0.2, 0.25) is 0 Å². The van der Waals surface area contributed by atoms with E-state index in [1.807, 2.05) is 0 Å². The number of carbonyl (C=O) groups excluding carboxylic acids is 1. The lowest BCUT2D eigenvalue weighted by Gasteiger charge is -2.15. The van der Waals surface area contributed by atoms with Gasteiger partial charge in [-0.3, -0.25) is 5.32 Å². The molecule has 1 aromatic heterocycles. The maximum atomic E-state index is 11.8. The van der Waals surface area contributed by atoms with Gasteiger partial charge in [-0.15, -0.1) is 0 Å². The molecule has 0 fully saturated rings. The summed E-state index contributed by atoms with van der Waals surface area (Å²) in [5, 5.41) is 6.56. The molecule has 5 heteroatoms. The molecule has 0 saturated carbocycles. The van der Waals surface area contributed by atoms with Gasteiger partial charge in [-0.25, -0.2) is 4.79 Å². The van der Waals surface area contributed by atoms with Gasteiger partial charge in [0.1, 0.15) is 5.76 Å². The second-order valence-electron chi connectivity index (χ2n) is 4.98. The third-order valence-corrected chi connectivity index (χ3v) is 2.60. The van der Waals surface area contributed by atoms with E-state index in [-0.39, 0.29) is 6.03 Å². The van der Waals surface area contributed by atoms with Gasteiger partial charge in [0.25, 0.3) is 0 Å². The summed E-state index contributed by atoms with van der Waals surface area (Å²) in [7, 11) is 1.78. The highest BCUT2D eigenvalue weighted by Gasteiger charge is 2.12. The number of nitrogens with zero attached hydrogens (tertiary/aromatic N) is 2. The molecule has 0 spiro atoms. The van der Waals surface area contributed by atoms with Crippen LogP contribution in [0.5, 0.6) is 0 Å². The van der Waals surface area contributed by atoms with Crippen LogP contribution in [0, 0.1) is 5.92 Å². The van der Waals surface area contributed by atoms with E-state index < -0.39 is 0 Å². The number of nitrogens with one attached hydrogen (secondary N) is 1. The highest BCUT2D eigenvalue weighted by Crippen LogP contribution is 2.13. The molecule has 5 nitrogen and oxygen atoms in total. The van der Waals surface area contributed by atoms with Gasteiger partial charge in [-0.2, -0.15) is 0 Å². The molecule has 1 heterocycles. The molecule has 2 amide bonds. The SMILES string of the molecule is CCCCN(C)C(=O)Nc1cc(CC(C)C)on1. The molecule has 1 rings (SSSR count). The summed E-state index contributed by atoms with van der Waals surface area (Å²) >= 11 is 0. The van der Waals surface area contributed by atoms with Crippen molar-refractivity contribution in [3.63, 3.8) is 0 Å². The quantitative estimate of drug-likeness (QED) is 0.847. The van der Waals surface area contributed by atoms with Gasteiger partial charge in [0.15, 0.2) is 5.82 Å². The fraction of sp³-hybridized carbons (Fsp3) is 0.692. The summed E-state index contributed by atoms with van der Waals surface area (Å²) in [5.41, 5.74) is 0. The average molecular weight is 253 g/mol. The highest BCUT2D eigenvalue weighted by atomic mass is 16.5. The van der Waals surface area contributed by atoms with Crippen molar-refractivity contribution in [3.8, 4) is 0 Å². The lowest BCUT2D eigenvalue weighted by atomic mass is 10.1. The first-order valence-corrected chi connectivity index (χ1v) is 6.50. The number of urea groups is 1. The molecule has 0 aliphatic rings. The fourth-order valence-corrected chi connectivity index (χ4v) is 1.57. The number of unbranched alkanes of at least 4 members (excludes halogenated alkanes) is 1. The largest absolute Gasteiger partial charge is 0.359 e. The Balaban J connectivity index is 2.46. The van der Waals surface area contributed by atoms with E-state index in [1.165, 1.54) is 0 Å². The zero-order valence-electron chi connectivity index (χ0n) is 11.7.